The van der Waals surface area contributed by atoms with Crippen molar-refractivity contribution in [3.05, 3.63) is 71.8 Å². The normalized spacial score (nSPS) is 12.6. The monoisotopic (exact) mass is 499 g/mol. The molecular formula is C30H33N3O4. The number of Topliss-reactive ketones (excluding diaryl/α,β-unsaturated/α-hetero) is 1. The van der Waals surface area contributed by atoms with E-state index in [0.717, 1.165) is 51.1 Å². The van der Waals surface area contributed by atoms with E-state index in [9.17, 15) is 9.59 Å². The first-order chi connectivity index (χ1) is 17.8. The average Bonchev–Trinajstić information content (AvgIpc) is 3.27. The number of methoxy groups -OCH3 is 1. The van der Waals surface area contributed by atoms with Crippen LogP contribution in [0.3, 0.4) is 0 Å². The fourth-order valence-corrected chi connectivity index (χ4v) is 4.42. The highest BCUT2D eigenvalue weighted by atomic mass is 16.5. The summed E-state index contributed by atoms with van der Waals surface area (Å²) in [7, 11) is 1.60. The molecule has 3 aromatic rings. The highest BCUT2D eigenvalue weighted by molar-refractivity contribution is 6.08. The first-order valence-corrected chi connectivity index (χ1v) is 12.4. The molecule has 4 rings (SSSR count). The minimum absolute atomic E-state index is 0.0853. The van der Waals surface area contributed by atoms with Crippen molar-refractivity contribution in [2.24, 2.45) is 5.92 Å². The molecule has 0 bridgehead atoms. The Morgan fingerprint density at radius 2 is 1.95 bits per heavy atom. The lowest BCUT2D eigenvalue weighted by molar-refractivity contribution is -0.113. The van der Waals surface area contributed by atoms with Crippen LogP contribution in [0.4, 0.5) is 5.69 Å². The van der Waals surface area contributed by atoms with Crippen molar-refractivity contribution in [3.8, 4) is 17.0 Å². The van der Waals surface area contributed by atoms with Crippen molar-refractivity contribution in [3.63, 3.8) is 0 Å². The SMILES string of the molecule is C=CC(=O)Nc1cc(-c2ccc3c4c(ccc3n2)CC(C(C)=O)=C4NCC(C)C)ccc1OCCOC. The van der Waals surface area contributed by atoms with E-state index in [1.165, 1.54) is 6.08 Å². The van der Waals surface area contributed by atoms with Gasteiger partial charge >= 0.3 is 0 Å². The van der Waals surface area contributed by atoms with Crippen LogP contribution in [0, 0.1) is 5.92 Å². The third kappa shape index (κ3) is 5.73. The molecule has 7 heteroatoms. The number of nitrogens with one attached hydrogen (secondary N) is 2. The largest absolute Gasteiger partial charge is 0.489 e. The third-order valence-electron chi connectivity index (χ3n) is 6.25. The predicted molar refractivity (Wildman–Crippen MR) is 148 cm³/mol. The molecule has 1 heterocycles. The Hall–Kier alpha value is -3.97. The minimum atomic E-state index is -0.328. The molecule has 192 valence electrons. The number of anilines is 1. The summed E-state index contributed by atoms with van der Waals surface area (Å²) in [5.74, 6) is 0.742. The van der Waals surface area contributed by atoms with Gasteiger partial charge in [-0.2, -0.15) is 0 Å². The van der Waals surface area contributed by atoms with E-state index in [-0.39, 0.29) is 11.7 Å². The Bertz CT molecular complexity index is 1390. The van der Waals surface area contributed by atoms with Crippen LogP contribution in [0.25, 0.3) is 27.9 Å². The lowest BCUT2D eigenvalue weighted by Crippen LogP contribution is -2.19. The Kier molecular flexibility index (Phi) is 8.04. The topological polar surface area (TPSA) is 89.6 Å². The van der Waals surface area contributed by atoms with E-state index in [2.05, 4.69) is 43.2 Å². The minimum Gasteiger partial charge on any atom is -0.489 e. The molecule has 0 saturated carbocycles. The summed E-state index contributed by atoms with van der Waals surface area (Å²) in [6.07, 6.45) is 1.84. The highest BCUT2D eigenvalue weighted by Gasteiger charge is 2.26. The molecule has 7 nitrogen and oxygen atoms in total. The van der Waals surface area contributed by atoms with Crippen molar-refractivity contribution >= 4 is 34.0 Å². The number of ketones is 1. The first-order valence-electron chi connectivity index (χ1n) is 12.4. The zero-order chi connectivity index (χ0) is 26.5. The van der Waals surface area contributed by atoms with Crippen LogP contribution in [0.15, 0.2) is 60.7 Å². The van der Waals surface area contributed by atoms with E-state index in [0.29, 0.717) is 37.0 Å². The summed E-state index contributed by atoms with van der Waals surface area (Å²) in [4.78, 5) is 29.4. The third-order valence-corrected chi connectivity index (χ3v) is 6.25. The molecule has 1 aliphatic carbocycles. The smallest absolute Gasteiger partial charge is 0.247 e. The maximum atomic E-state index is 12.4. The Morgan fingerprint density at radius 3 is 2.65 bits per heavy atom. The molecule has 1 aliphatic rings. The maximum Gasteiger partial charge on any atom is 0.247 e. The van der Waals surface area contributed by atoms with Gasteiger partial charge in [0.1, 0.15) is 12.4 Å². The number of nitrogens with zero attached hydrogens (tertiary/aromatic N) is 1. The Morgan fingerprint density at radius 1 is 1.14 bits per heavy atom. The van der Waals surface area contributed by atoms with Crippen LogP contribution in [-0.4, -0.2) is 43.5 Å². The highest BCUT2D eigenvalue weighted by Crippen LogP contribution is 2.38. The van der Waals surface area contributed by atoms with Crippen LogP contribution in [0.1, 0.15) is 31.9 Å². The van der Waals surface area contributed by atoms with Crippen molar-refractivity contribution in [2.75, 3.05) is 32.2 Å². The second kappa shape index (κ2) is 11.4. The number of hydrogen-bond donors (Lipinski definition) is 2. The van der Waals surface area contributed by atoms with E-state index < -0.39 is 0 Å². The molecule has 0 saturated heterocycles. The number of benzene rings is 2. The number of carbonyl (C=O) groups is 2. The summed E-state index contributed by atoms with van der Waals surface area (Å²) in [6.45, 7) is 11.0. The number of aromatic nitrogens is 1. The van der Waals surface area contributed by atoms with Crippen molar-refractivity contribution < 1.29 is 19.1 Å². The second-order valence-electron chi connectivity index (χ2n) is 9.47. The number of fused-ring (bicyclic) bond motifs is 3. The zero-order valence-electron chi connectivity index (χ0n) is 21.8. The summed E-state index contributed by atoms with van der Waals surface area (Å²) in [5, 5.41) is 7.34. The number of hydrogen-bond acceptors (Lipinski definition) is 6. The molecule has 0 fully saturated rings. The van der Waals surface area contributed by atoms with E-state index in [1.54, 1.807) is 14.0 Å². The number of carbonyl (C=O) groups excluding carboxylic acids is 2. The van der Waals surface area contributed by atoms with Gasteiger partial charge in [0, 0.05) is 47.9 Å². The fraction of sp³-hybridized carbons (Fsp3) is 0.300. The van der Waals surface area contributed by atoms with Gasteiger partial charge in [0.15, 0.2) is 5.78 Å². The van der Waals surface area contributed by atoms with Gasteiger partial charge in [0.05, 0.1) is 23.5 Å². The molecule has 0 unspecified atom stereocenters. The summed E-state index contributed by atoms with van der Waals surface area (Å²) >= 11 is 0. The van der Waals surface area contributed by atoms with E-state index in [4.69, 9.17) is 14.5 Å². The van der Waals surface area contributed by atoms with Gasteiger partial charge in [0.2, 0.25) is 5.91 Å². The van der Waals surface area contributed by atoms with Crippen molar-refractivity contribution in [1.82, 2.24) is 10.3 Å². The molecule has 2 aromatic carbocycles. The summed E-state index contributed by atoms with van der Waals surface area (Å²) in [5.41, 5.74) is 6.89. The number of ether oxygens (including phenoxy) is 2. The number of rotatable bonds is 11. The van der Waals surface area contributed by atoms with Crippen LogP contribution < -0.4 is 15.4 Å². The van der Waals surface area contributed by atoms with Gasteiger partial charge in [-0.25, -0.2) is 4.98 Å². The zero-order valence-corrected chi connectivity index (χ0v) is 21.8. The van der Waals surface area contributed by atoms with Crippen molar-refractivity contribution in [2.45, 2.75) is 27.2 Å². The molecular weight excluding hydrogens is 466 g/mol. The summed E-state index contributed by atoms with van der Waals surface area (Å²) < 4.78 is 10.8. The molecule has 1 amide bonds. The molecule has 2 N–H and O–H groups in total. The standard InChI is InChI=1S/C30H33N3O4/c1-6-28(35)33-26-16-20(8-12-27(26)37-14-13-36-5)24-11-9-22-25(32-24)10-7-21-15-23(19(4)34)30(29(21)22)31-17-18(2)3/h6-12,16,18,31H,1,13-15,17H2,2-5H3,(H,33,35). The first kappa shape index (κ1) is 26.1. The van der Waals surface area contributed by atoms with Crippen LogP contribution in [0.5, 0.6) is 5.75 Å². The van der Waals surface area contributed by atoms with Gasteiger partial charge in [0.25, 0.3) is 0 Å². The van der Waals surface area contributed by atoms with Crippen LogP contribution in [-0.2, 0) is 20.7 Å². The van der Waals surface area contributed by atoms with E-state index >= 15 is 0 Å². The van der Waals surface area contributed by atoms with Crippen LogP contribution in [0.2, 0.25) is 0 Å². The molecule has 37 heavy (non-hydrogen) atoms. The molecule has 0 aliphatic heterocycles. The lowest BCUT2D eigenvalue weighted by Gasteiger charge is -2.16. The molecule has 0 radical (unpaired) electrons. The van der Waals surface area contributed by atoms with Gasteiger partial charge < -0.3 is 20.1 Å². The average molecular weight is 500 g/mol. The molecule has 0 spiro atoms. The van der Waals surface area contributed by atoms with Gasteiger partial charge in [-0.1, -0.05) is 26.5 Å². The lowest BCUT2D eigenvalue weighted by atomic mass is 10.0. The Balaban J connectivity index is 1.74. The Labute approximate surface area is 217 Å². The number of amides is 1. The predicted octanol–water partition coefficient (Wildman–Crippen LogP) is 5.15. The molecule has 1 aromatic heterocycles. The van der Waals surface area contributed by atoms with Crippen molar-refractivity contribution in [1.29, 1.82) is 0 Å². The second-order valence-corrected chi connectivity index (χ2v) is 9.47. The molecule has 0 atom stereocenters. The maximum absolute atomic E-state index is 12.4. The summed E-state index contributed by atoms with van der Waals surface area (Å²) in [6, 6.07) is 13.7. The van der Waals surface area contributed by atoms with Gasteiger partial charge in [-0.05, 0) is 60.9 Å². The number of pyridine rings is 1. The van der Waals surface area contributed by atoms with E-state index in [1.807, 2.05) is 30.3 Å². The van der Waals surface area contributed by atoms with Gasteiger partial charge in [-0.3, -0.25) is 9.59 Å². The number of allylic oxidation sites excluding steroid dienone is 1. The van der Waals surface area contributed by atoms with Crippen LogP contribution >= 0.6 is 0 Å². The quantitative estimate of drug-likeness (QED) is 0.280. The fourth-order valence-electron chi connectivity index (χ4n) is 4.42. The van der Waals surface area contributed by atoms with Gasteiger partial charge in [-0.15, -0.1) is 0 Å².